The van der Waals surface area contributed by atoms with Crippen LogP contribution >= 0.6 is 11.6 Å². The van der Waals surface area contributed by atoms with Gasteiger partial charge in [0.05, 0.1) is 23.7 Å². The Hall–Kier alpha value is -2.59. The van der Waals surface area contributed by atoms with Crippen LogP contribution in [0.3, 0.4) is 0 Å². The number of aryl methyl sites for hydroxylation is 1. The number of esters is 1. The minimum atomic E-state index is -3.99. The first-order valence-corrected chi connectivity index (χ1v) is 11.4. The quantitative estimate of drug-likeness (QED) is 0.578. The zero-order chi connectivity index (χ0) is 24.8. The number of hydrogen-bond acceptors (Lipinski definition) is 5. The third kappa shape index (κ3) is 4.17. The molecule has 2 N–H and O–H groups in total. The van der Waals surface area contributed by atoms with Gasteiger partial charge in [0.1, 0.15) is 17.1 Å². The van der Waals surface area contributed by atoms with Crippen LogP contribution in [0.15, 0.2) is 24.5 Å². The third-order valence-electron chi connectivity index (χ3n) is 6.90. The Morgan fingerprint density at radius 3 is 2.56 bits per heavy atom. The zero-order valence-electron chi connectivity index (χ0n) is 18.7. The van der Waals surface area contributed by atoms with Crippen LogP contribution < -0.4 is 5.32 Å². The summed E-state index contributed by atoms with van der Waals surface area (Å²) in [6, 6.07) is 3.84. The van der Waals surface area contributed by atoms with E-state index in [4.69, 9.17) is 11.6 Å². The number of alkyl halides is 2. The van der Waals surface area contributed by atoms with Crippen LogP contribution in [-0.4, -0.2) is 44.7 Å². The van der Waals surface area contributed by atoms with Gasteiger partial charge < -0.3 is 19.7 Å². The number of nitrogens with one attached hydrogen (secondary N) is 1. The molecule has 0 saturated heterocycles. The van der Waals surface area contributed by atoms with Crippen LogP contribution in [0.4, 0.5) is 18.9 Å². The summed E-state index contributed by atoms with van der Waals surface area (Å²) in [5.41, 5.74) is -1.30. The molecular formula is C23H25ClF3N3O4. The molecule has 2 aliphatic carbocycles. The fraction of sp³-hybridized carbons (Fsp3) is 0.522. The molecule has 7 nitrogen and oxygen atoms in total. The topological polar surface area (TPSA) is 93.4 Å². The van der Waals surface area contributed by atoms with Gasteiger partial charge in [-0.15, -0.1) is 0 Å². The van der Waals surface area contributed by atoms with Crippen molar-refractivity contribution in [1.29, 1.82) is 0 Å². The molecule has 1 amide bonds. The lowest BCUT2D eigenvalue weighted by atomic mass is 9.87. The van der Waals surface area contributed by atoms with E-state index >= 15 is 0 Å². The SMILES string of the molecule is CCOC(=O)C(F)(F)C1(O)CC2CC(c3ncn(C)c3C(=O)Nc3ccc(F)c(Cl)c3)CC2C1. The van der Waals surface area contributed by atoms with Crippen LogP contribution in [0.25, 0.3) is 0 Å². The highest BCUT2D eigenvalue weighted by Gasteiger charge is 2.65. The maximum absolute atomic E-state index is 14.6. The summed E-state index contributed by atoms with van der Waals surface area (Å²) in [6.07, 6.45) is 1.93. The smallest absolute Gasteiger partial charge is 0.380 e. The van der Waals surface area contributed by atoms with Crippen molar-refractivity contribution in [3.8, 4) is 0 Å². The maximum Gasteiger partial charge on any atom is 0.380 e. The van der Waals surface area contributed by atoms with Gasteiger partial charge in [-0.05, 0) is 62.6 Å². The first-order valence-electron chi connectivity index (χ1n) is 11.0. The van der Waals surface area contributed by atoms with E-state index in [0.717, 1.165) is 6.07 Å². The number of carbonyl (C=O) groups is 2. The minimum absolute atomic E-state index is 0.126. The fourth-order valence-electron chi connectivity index (χ4n) is 5.34. The van der Waals surface area contributed by atoms with Crippen LogP contribution in [0.5, 0.6) is 0 Å². The van der Waals surface area contributed by atoms with Crippen molar-refractivity contribution in [1.82, 2.24) is 9.55 Å². The Morgan fingerprint density at radius 1 is 1.32 bits per heavy atom. The highest BCUT2D eigenvalue weighted by atomic mass is 35.5. The number of benzene rings is 1. The molecular weight excluding hydrogens is 475 g/mol. The molecule has 34 heavy (non-hydrogen) atoms. The molecule has 4 rings (SSSR count). The number of amides is 1. The van der Waals surface area contributed by atoms with Crippen molar-refractivity contribution >= 4 is 29.2 Å². The van der Waals surface area contributed by atoms with Crippen molar-refractivity contribution in [3.05, 3.63) is 46.8 Å². The number of aromatic nitrogens is 2. The summed E-state index contributed by atoms with van der Waals surface area (Å²) < 4.78 is 48.7. The highest BCUT2D eigenvalue weighted by molar-refractivity contribution is 6.31. The minimum Gasteiger partial charge on any atom is -0.461 e. The molecule has 0 radical (unpaired) electrons. The van der Waals surface area contributed by atoms with E-state index in [1.165, 1.54) is 25.4 Å². The summed E-state index contributed by atoms with van der Waals surface area (Å²) in [7, 11) is 1.66. The number of aliphatic hydroxyl groups is 1. The number of carbonyl (C=O) groups excluding carboxylic acids is 2. The third-order valence-corrected chi connectivity index (χ3v) is 7.19. The molecule has 2 fully saturated rings. The fourth-order valence-corrected chi connectivity index (χ4v) is 5.52. The number of hydrogen-bond donors (Lipinski definition) is 2. The number of halogens is 4. The second-order valence-electron chi connectivity index (χ2n) is 9.10. The van der Waals surface area contributed by atoms with E-state index in [-0.39, 0.29) is 42.2 Å². The van der Waals surface area contributed by atoms with Crippen molar-refractivity contribution in [2.75, 3.05) is 11.9 Å². The molecule has 2 atom stereocenters. The van der Waals surface area contributed by atoms with Crippen LogP contribution in [0, 0.1) is 17.7 Å². The number of ether oxygens (including phenoxy) is 1. The second-order valence-corrected chi connectivity index (χ2v) is 9.50. The number of anilines is 1. The highest BCUT2D eigenvalue weighted by Crippen LogP contribution is 2.57. The zero-order valence-corrected chi connectivity index (χ0v) is 19.4. The summed E-state index contributed by atoms with van der Waals surface area (Å²) in [6.45, 7) is 1.23. The van der Waals surface area contributed by atoms with Crippen molar-refractivity contribution in [2.24, 2.45) is 18.9 Å². The van der Waals surface area contributed by atoms with E-state index < -0.39 is 29.2 Å². The molecule has 2 aliphatic rings. The van der Waals surface area contributed by atoms with Crippen LogP contribution in [0.2, 0.25) is 5.02 Å². The molecule has 0 aliphatic heterocycles. The molecule has 2 aromatic rings. The second kappa shape index (κ2) is 8.88. The number of fused-ring (bicyclic) bond motifs is 1. The van der Waals surface area contributed by atoms with E-state index in [1.54, 1.807) is 11.6 Å². The van der Waals surface area contributed by atoms with E-state index in [2.05, 4.69) is 15.0 Å². The number of imidazole rings is 1. The lowest BCUT2D eigenvalue weighted by Crippen LogP contribution is -2.52. The lowest BCUT2D eigenvalue weighted by molar-refractivity contribution is -0.213. The first-order chi connectivity index (χ1) is 16.0. The average molecular weight is 500 g/mol. The normalized spacial score (nSPS) is 26.4. The molecule has 184 valence electrons. The van der Waals surface area contributed by atoms with E-state index in [0.29, 0.717) is 29.9 Å². The number of rotatable bonds is 6. The van der Waals surface area contributed by atoms with E-state index in [9.17, 15) is 27.9 Å². The lowest BCUT2D eigenvalue weighted by Gasteiger charge is -2.31. The Balaban J connectivity index is 1.49. The van der Waals surface area contributed by atoms with Gasteiger partial charge in [0.25, 0.3) is 5.91 Å². The molecule has 1 aromatic heterocycles. The largest absolute Gasteiger partial charge is 0.461 e. The van der Waals surface area contributed by atoms with Gasteiger partial charge >= 0.3 is 11.9 Å². The van der Waals surface area contributed by atoms with Crippen LogP contribution in [-0.2, 0) is 16.6 Å². The molecule has 1 heterocycles. The van der Waals surface area contributed by atoms with Gasteiger partial charge in [-0.2, -0.15) is 8.78 Å². The summed E-state index contributed by atoms with van der Waals surface area (Å²) in [5, 5.41) is 13.2. The Morgan fingerprint density at radius 2 is 1.97 bits per heavy atom. The molecule has 1 aromatic carbocycles. The summed E-state index contributed by atoms with van der Waals surface area (Å²) >= 11 is 5.79. The predicted molar refractivity (Wildman–Crippen MR) is 117 cm³/mol. The maximum atomic E-state index is 14.6. The number of nitrogens with zero attached hydrogens (tertiary/aromatic N) is 2. The van der Waals surface area contributed by atoms with Gasteiger partial charge in [-0.25, -0.2) is 14.2 Å². The Labute approximate surface area is 199 Å². The monoisotopic (exact) mass is 499 g/mol. The molecule has 2 saturated carbocycles. The Kier molecular flexibility index (Phi) is 6.41. The van der Waals surface area contributed by atoms with Gasteiger partial charge in [0.2, 0.25) is 0 Å². The average Bonchev–Trinajstić information content (AvgIpc) is 3.42. The standard InChI is InChI=1S/C23H25ClF3N3O4/c1-3-34-21(32)23(26,27)22(33)9-13-6-12(7-14(13)10-22)18-19(30(2)11-28-18)20(31)29-15-4-5-17(25)16(24)8-15/h4-5,8,11-14,33H,3,6-7,9-10H2,1-2H3,(H,29,31). The molecule has 0 spiro atoms. The summed E-state index contributed by atoms with van der Waals surface area (Å²) in [4.78, 5) is 29.1. The van der Waals surface area contributed by atoms with Gasteiger partial charge in [0.15, 0.2) is 0 Å². The van der Waals surface area contributed by atoms with Gasteiger partial charge in [0, 0.05) is 18.7 Å². The van der Waals surface area contributed by atoms with E-state index in [1.807, 2.05) is 0 Å². The molecule has 0 bridgehead atoms. The first kappa shape index (κ1) is 24.5. The Bertz CT molecular complexity index is 1110. The molecule has 2 unspecified atom stereocenters. The predicted octanol–water partition coefficient (Wildman–Crippen LogP) is 4.30. The van der Waals surface area contributed by atoms with Crippen LogP contribution in [0.1, 0.15) is 54.7 Å². The van der Waals surface area contributed by atoms with Crippen molar-refractivity contribution in [2.45, 2.75) is 50.0 Å². The van der Waals surface area contributed by atoms with Gasteiger partial charge in [-0.1, -0.05) is 11.6 Å². The van der Waals surface area contributed by atoms with Crippen molar-refractivity contribution < 1.29 is 32.6 Å². The molecule has 11 heteroatoms. The van der Waals surface area contributed by atoms with Gasteiger partial charge in [-0.3, -0.25) is 4.79 Å². The van der Waals surface area contributed by atoms with Crippen molar-refractivity contribution in [3.63, 3.8) is 0 Å². The summed E-state index contributed by atoms with van der Waals surface area (Å²) in [5.74, 6) is -7.43.